The van der Waals surface area contributed by atoms with Crippen molar-refractivity contribution in [2.75, 3.05) is 19.6 Å². The number of nitrogens with two attached hydrogens (primary N) is 1. The van der Waals surface area contributed by atoms with Crippen molar-refractivity contribution in [3.63, 3.8) is 0 Å². The highest BCUT2D eigenvalue weighted by Gasteiger charge is 2.32. The van der Waals surface area contributed by atoms with Gasteiger partial charge in [-0.25, -0.2) is 0 Å². The maximum atomic E-state index is 12.4. The van der Waals surface area contributed by atoms with Gasteiger partial charge in [0, 0.05) is 32.1 Å². The number of nitrogens with zero attached hydrogens (tertiary/aromatic N) is 2. The van der Waals surface area contributed by atoms with E-state index < -0.39 is 6.04 Å². The molecule has 0 aliphatic carbocycles. The molecule has 2 atom stereocenters. The van der Waals surface area contributed by atoms with Crippen LogP contribution >= 0.6 is 0 Å². The lowest BCUT2D eigenvalue weighted by Gasteiger charge is -2.41. The van der Waals surface area contributed by atoms with Crippen LogP contribution in [0.5, 0.6) is 0 Å². The van der Waals surface area contributed by atoms with E-state index in [0.29, 0.717) is 26.1 Å². The van der Waals surface area contributed by atoms with Crippen molar-refractivity contribution in [1.29, 1.82) is 0 Å². The van der Waals surface area contributed by atoms with Crippen LogP contribution in [0.15, 0.2) is 0 Å². The van der Waals surface area contributed by atoms with Gasteiger partial charge in [0.25, 0.3) is 0 Å². The van der Waals surface area contributed by atoms with E-state index >= 15 is 0 Å². The second kappa shape index (κ2) is 9.91. The predicted molar refractivity (Wildman–Crippen MR) is 93.9 cm³/mol. The molecule has 23 heavy (non-hydrogen) atoms. The fraction of sp³-hybridized carbons (Fsp3) is 0.889. The highest BCUT2D eigenvalue weighted by molar-refractivity contribution is 5.82. The SMILES string of the molecule is CCCCCCCC(=O)N1CCN(C(=O)[C@@H](N)C(C)C)C[C@@H]1C. The summed E-state index contributed by atoms with van der Waals surface area (Å²) in [6.45, 7) is 9.97. The molecule has 0 aromatic heterocycles. The molecular weight excluding hydrogens is 290 g/mol. The quantitative estimate of drug-likeness (QED) is 0.697. The van der Waals surface area contributed by atoms with Gasteiger partial charge < -0.3 is 15.5 Å². The van der Waals surface area contributed by atoms with Gasteiger partial charge in [-0.15, -0.1) is 0 Å². The van der Waals surface area contributed by atoms with Gasteiger partial charge in [0.1, 0.15) is 0 Å². The van der Waals surface area contributed by atoms with Gasteiger partial charge in [0.2, 0.25) is 11.8 Å². The monoisotopic (exact) mass is 325 g/mol. The average molecular weight is 325 g/mol. The van der Waals surface area contributed by atoms with E-state index in [1.807, 2.05) is 30.6 Å². The average Bonchev–Trinajstić information content (AvgIpc) is 2.52. The Kier molecular flexibility index (Phi) is 8.59. The summed E-state index contributed by atoms with van der Waals surface area (Å²) in [5, 5.41) is 0. The van der Waals surface area contributed by atoms with E-state index in [1.165, 1.54) is 19.3 Å². The van der Waals surface area contributed by atoms with E-state index in [9.17, 15) is 9.59 Å². The molecule has 1 aliphatic rings. The molecule has 1 rings (SSSR count). The fourth-order valence-corrected chi connectivity index (χ4v) is 3.05. The lowest BCUT2D eigenvalue weighted by Crippen LogP contribution is -2.58. The van der Waals surface area contributed by atoms with Crippen LogP contribution in [-0.4, -0.2) is 53.3 Å². The van der Waals surface area contributed by atoms with E-state index in [1.54, 1.807) is 0 Å². The zero-order valence-corrected chi connectivity index (χ0v) is 15.4. The molecule has 0 aromatic rings. The van der Waals surface area contributed by atoms with E-state index in [4.69, 9.17) is 5.73 Å². The highest BCUT2D eigenvalue weighted by Crippen LogP contribution is 2.15. The topological polar surface area (TPSA) is 66.6 Å². The fourth-order valence-electron chi connectivity index (χ4n) is 3.05. The largest absolute Gasteiger partial charge is 0.338 e. The van der Waals surface area contributed by atoms with Crippen LogP contribution in [-0.2, 0) is 9.59 Å². The van der Waals surface area contributed by atoms with Crippen molar-refractivity contribution in [3.05, 3.63) is 0 Å². The van der Waals surface area contributed by atoms with Crippen LogP contribution in [0.3, 0.4) is 0 Å². The van der Waals surface area contributed by atoms with Crippen LogP contribution in [0.1, 0.15) is 66.2 Å². The molecule has 1 heterocycles. The molecule has 0 saturated carbocycles. The number of rotatable bonds is 8. The van der Waals surface area contributed by atoms with Crippen LogP contribution in [0.4, 0.5) is 0 Å². The summed E-state index contributed by atoms with van der Waals surface area (Å²) in [7, 11) is 0. The van der Waals surface area contributed by atoms with Gasteiger partial charge in [0.15, 0.2) is 0 Å². The third-order valence-electron chi connectivity index (χ3n) is 4.76. The van der Waals surface area contributed by atoms with Crippen molar-refractivity contribution >= 4 is 11.8 Å². The Morgan fingerprint density at radius 1 is 1.13 bits per heavy atom. The van der Waals surface area contributed by atoms with Crippen LogP contribution < -0.4 is 5.73 Å². The van der Waals surface area contributed by atoms with Gasteiger partial charge in [-0.1, -0.05) is 46.5 Å². The van der Waals surface area contributed by atoms with Crippen LogP contribution in [0.25, 0.3) is 0 Å². The van der Waals surface area contributed by atoms with Crippen LogP contribution in [0.2, 0.25) is 0 Å². The van der Waals surface area contributed by atoms with Gasteiger partial charge in [0.05, 0.1) is 6.04 Å². The Morgan fingerprint density at radius 2 is 1.78 bits per heavy atom. The Morgan fingerprint density at radius 3 is 2.35 bits per heavy atom. The normalized spacial score (nSPS) is 20.0. The molecular formula is C18H35N3O2. The summed E-state index contributed by atoms with van der Waals surface area (Å²) >= 11 is 0. The number of carbonyl (C=O) groups is 2. The summed E-state index contributed by atoms with van der Waals surface area (Å²) in [6.07, 6.45) is 6.43. The zero-order valence-electron chi connectivity index (χ0n) is 15.4. The summed E-state index contributed by atoms with van der Waals surface area (Å²) in [4.78, 5) is 28.4. The number of carbonyl (C=O) groups excluding carboxylic acids is 2. The summed E-state index contributed by atoms with van der Waals surface area (Å²) in [5.74, 6) is 0.383. The van der Waals surface area contributed by atoms with Crippen molar-refractivity contribution in [2.45, 2.75) is 78.3 Å². The second-order valence-corrected chi connectivity index (χ2v) is 7.15. The lowest BCUT2D eigenvalue weighted by molar-refractivity contribution is -0.143. The Hall–Kier alpha value is -1.10. The van der Waals surface area contributed by atoms with Gasteiger partial charge in [-0.2, -0.15) is 0 Å². The molecule has 1 aliphatic heterocycles. The highest BCUT2D eigenvalue weighted by atomic mass is 16.2. The number of unbranched alkanes of at least 4 members (excludes halogenated alkanes) is 4. The smallest absolute Gasteiger partial charge is 0.239 e. The third-order valence-corrected chi connectivity index (χ3v) is 4.76. The number of hydrogen-bond acceptors (Lipinski definition) is 3. The number of piperazine rings is 1. The number of hydrogen-bond donors (Lipinski definition) is 1. The minimum absolute atomic E-state index is 0.0125. The van der Waals surface area contributed by atoms with E-state index in [2.05, 4.69) is 6.92 Å². The molecule has 2 amide bonds. The van der Waals surface area contributed by atoms with E-state index in [-0.39, 0.29) is 23.8 Å². The molecule has 2 N–H and O–H groups in total. The number of amides is 2. The van der Waals surface area contributed by atoms with Crippen molar-refractivity contribution in [2.24, 2.45) is 11.7 Å². The molecule has 1 fully saturated rings. The lowest BCUT2D eigenvalue weighted by atomic mass is 10.0. The molecule has 0 radical (unpaired) electrons. The van der Waals surface area contributed by atoms with Crippen molar-refractivity contribution < 1.29 is 9.59 Å². The maximum absolute atomic E-state index is 12.4. The molecule has 0 aromatic carbocycles. The molecule has 0 spiro atoms. The summed E-state index contributed by atoms with van der Waals surface area (Å²) < 4.78 is 0. The predicted octanol–water partition coefficient (Wildman–Crippen LogP) is 2.39. The van der Waals surface area contributed by atoms with E-state index in [0.717, 1.165) is 12.8 Å². The standard InChI is InChI=1S/C18H35N3O2/c1-5-6-7-8-9-10-16(22)21-12-11-20(13-15(21)4)18(23)17(19)14(2)3/h14-15,17H,5-13,19H2,1-4H3/t15-,17-/m0/s1. The minimum Gasteiger partial charge on any atom is -0.338 e. The van der Waals surface area contributed by atoms with Crippen molar-refractivity contribution in [1.82, 2.24) is 9.80 Å². The molecule has 134 valence electrons. The second-order valence-electron chi connectivity index (χ2n) is 7.15. The summed E-state index contributed by atoms with van der Waals surface area (Å²) in [6, 6.07) is -0.363. The first-order chi connectivity index (χ1) is 10.9. The van der Waals surface area contributed by atoms with Crippen LogP contribution in [0, 0.1) is 5.92 Å². The third kappa shape index (κ3) is 6.13. The van der Waals surface area contributed by atoms with Gasteiger partial charge >= 0.3 is 0 Å². The molecule has 0 bridgehead atoms. The maximum Gasteiger partial charge on any atom is 0.239 e. The first-order valence-electron chi connectivity index (χ1n) is 9.22. The Bertz CT molecular complexity index is 384. The molecule has 5 nitrogen and oxygen atoms in total. The Balaban J connectivity index is 2.40. The molecule has 1 saturated heterocycles. The molecule has 5 heteroatoms. The molecule has 0 unspecified atom stereocenters. The Labute approximate surface area is 141 Å². The minimum atomic E-state index is -0.442. The summed E-state index contributed by atoms with van der Waals surface area (Å²) in [5.41, 5.74) is 5.96. The van der Waals surface area contributed by atoms with Gasteiger partial charge in [-0.3, -0.25) is 9.59 Å². The van der Waals surface area contributed by atoms with Crippen molar-refractivity contribution in [3.8, 4) is 0 Å². The zero-order chi connectivity index (χ0) is 17.4. The van der Waals surface area contributed by atoms with Gasteiger partial charge in [-0.05, 0) is 19.3 Å². The first kappa shape index (κ1) is 19.9. The first-order valence-corrected chi connectivity index (χ1v) is 9.22.